The van der Waals surface area contributed by atoms with Crippen molar-refractivity contribution in [1.82, 2.24) is 14.4 Å². The Morgan fingerprint density at radius 3 is 2.77 bits per heavy atom. The monoisotopic (exact) mass is 175 g/mol. The lowest BCUT2D eigenvalue weighted by molar-refractivity contribution is 0.745. The Morgan fingerprint density at radius 1 is 1.31 bits per heavy atom. The quantitative estimate of drug-likeness (QED) is 0.664. The van der Waals surface area contributed by atoms with Gasteiger partial charge >= 0.3 is 0 Å². The standard InChI is InChI=1S/C10H13N3/c1-7(2)10-11-5-4-9-12-6-8(3)13(9)10/h4-7H,1-3H3. The lowest BCUT2D eigenvalue weighted by atomic mass is 10.2. The molecule has 0 saturated carbocycles. The fraction of sp³-hybridized carbons (Fsp3) is 0.400. The first kappa shape index (κ1) is 8.23. The summed E-state index contributed by atoms with van der Waals surface area (Å²) in [5.41, 5.74) is 2.13. The van der Waals surface area contributed by atoms with Gasteiger partial charge in [-0.05, 0) is 13.0 Å². The Kier molecular flexibility index (Phi) is 1.79. The van der Waals surface area contributed by atoms with Gasteiger partial charge in [0.15, 0.2) is 0 Å². The maximum Gasteiger partial charge on any atom is 0.139 e. The van der Waals surface area contributed by atoms with Gasteiger partial charge in [0.2, 0.25) is 0 Å². The summed E-state index contributed by atoms with van der Waals surface area (Å²) in [6, 6.07) is 1.93. The molecule has 0 amide bonds. The summed E-state index contributed by atoms with van der Waals surface area (Å²) in [7, 11) is 0. The van der Waals surface area contributed by atoms with Crippen LogP contribution in [0.15, 0.2) is 18.5 Å². The zero-order valence-corrected chi connectivity index (χ0v) is 8.15. The zero-order chi connectivity index (χ0) is 9.42. The van der Waals surface area contributed by atoms with Gasteiger partial charge in [-0.15, -0.1) is 0 Å². The highest BCUT2D eigenvalue weighted by molar-refractivity contribution is 5.40. The molecule has 13 heavy (non-hydrogen) atoms. The first-order chi connectivity index (χ1) is 6.20. The van der Waals surface area contributed by atoms with Crippen molar-refractivity contribution in [2.75, 3.05) is 0 Å². The van der Waals surface area contributed by atoms with Gasteiger partial charge in [0.05, 0.1) is 0 Å². The number of aryl methyl sites for hydroxylation is 1. The number of rotatable bonds is 1. The zero-order valence-electron chi connectivity index (χ0n) is 8.15. The van der Waals surface area contributed by atoms with Crippen LogP contribution in [0.25, 0.3) is 5.65 Å². The van der Waals surface area contributed by atoms with Crippen molar-refractivity contribution in [3.8, 4) is 0 Å². The predicted molar refractivity (Wildman–Crippen MR) is 51.8 cm³/mol. The molecule has 0 aliphatic rings. The van der Waals surface area contributed by atoms with Crippen LogP contribution in [0.2, 0.25) is 0 Å². The number of fused-ring (bicyclic) bond motifs is 1. The van der Waals surface area contributed by atoms with Crippen LogP contribution < -0.4 is 0 Å². The largest absolute Gasteiger partial charge is 0.285 e. The number of hydrogen-bond donors (Lipinski definition) is 0. The SMILES string of the molecule is Cc1cnc2ccnc(C(C)C)n12. The minimum atomic E-state index is 0.427. The molecule has 0 spiro atoms. The van der Waals surface area contributed by atoms with Crippen LogP contribution in [0.5, 0.6) is 0 Å². The molecule has 0 saturated heterocycles. The van der Waals surface area contributed by atoms with Crippen LogP contribution in [-0.2, 0) is 0 Å². The predicted octanol–water partition coefficient (Wildman–Crippen LogP) is 2.16. The van der Waals surface area contributed by atoms with E-state index < -0.39 is 0 Å². The van der Waals surface area contributed by atoms with Crippen LogP contribution in [-0.4, -0.2) is 14.4 Å². The van der Waals surface area contributed by atoms with Gasteiger partial charge in [-0.25, -0.2) is 9.97 Å². The molecule has 2 aromatic rings. The fourth-order valence-electron chi connectivity index (χ4n) is 1.52. The van der Waals surface area contributed by atoms with Crippen LogP contribution in [0.3, 0.4) is 0 Å². The average molecular weight is 175 g/mol. The summed E-state index contributed by atoms with van der Waals surface area (Å²) in [5, 5.41) is 0. The molecule has 0 fully saturated rings. The van der Waals surface area contributed by atoms with Crippen LogP contribution in [0.1, 0.15) is 31.3 Å². The summed E-state index contributed by atoms with van der Waals surface area (Å²) in [4.78, 5) is 8.65. The second-order valence-corrected chi connectivity index (χ2v) is 3.55. The molecule has 0 N–H and O–H groups in total. The van der Waals surface area contributed by atoms with Crippen LogP contribution in [0.4, 0.5) is 0 Å². The highest BCUT2D eigenvalue weighted by Gasteiger charge is 2.08. The van der Waals surface area contributed by atoms with E-state index in [2.05, 4.69) is 28.2 Å². The first-order valence-corrected chi connectivity index (χ1v) is 4.49. The van der Waals surface area contributed by atoms with E-state index in [-0.39, 0.29) is 0 Å². The highest BCUT2D eigenvalue weighted by Crippen LogP contribution is 2.14. The summed E-state index contributed by atoms with van der Waals surface area (Å²) in [6.07, 6.45) is 3.69. The molecule has 0 aliphatic heterocycles. The van der Waals surface area contributed by atoms with E-state index in [1.807, 2.05) is 25.4 Å². The van der Waals surface area contributed by atoms with Gasteiger partial charge in [0, 0.05) is 24.0 Å². The van der Waals surface area contributed by atoms with Gasteiger partial charge in [-0.2, -0.15) is 0 Å². The Balaban J connectivity index is 2.80. The Labute approximate surface area is 77.4 Å². The van der Waals surface area contributed by atoms with Crippen molar-refractivity contribution >= 4 is 5.65 Å². The molecule has 0 bridgehead atoms. The van der Waals surface area contributed by atoms with Crippen molar-refractivity contribution in [3.05, 3.63) is 30.0 Å². The molecule has 3 heteroatoms. The van der Waals surface area contributed by atoms with E-state index in [9.17, 15) is 0 Å². The average Bonchev–Trinajstić information content (AvgIpc) is 2.48. The smallest absolute Gasteiger partial charge is 0.139 e. The molecule has 0 atom stereocenters. The normalized spacial score (nSPS) is 11.4. The van der Waals surface area contributed by atoms with Gasteiger partial charge < -0.3 is 0 Å². The molecule has 0 aromatic carbocycles. The van der Waals surface area contributed by atoms with E-state index in [1.54, 1.807) is 0 Å². The van der Waals surface area contributed by atoms with E-state index in [1.165, 1.54) is 0 Å². The highest BCUT2D eigenvalue weighted by atomic mass is 15.1. The third-order valence-corrected chi connectivity index (χ3v) is 2.14. The maximum atomic E-state index is 4.36. The van der Waals surface area contributed by atoms with Crippen molar-refractivity contribution < 1.29 is 0 Å². The number of hydrogen-bond acceptors (Lipinski definition) is 2. The molecule has 68 valence electrons. The van der Waals surface area contributed by atoms with E-state index in [0.717, 1.165) is 17.2 Å². The van der Waals surface area contributed by atoms with Crippen LogP contribution in [0, 0.1) is 6.92 Å². The first-order valence-electron chi connectivity index (χ1n) is 4.49. The second kappa shape index (κ2) is 2.83. The summed E-state index contributed by atoms with van der Waals surface area (Å²) in [6.45, 7) is 6.33. The summed E-state index contributed by atoms with van der Waals surface area (Å²) in [5.74, 6) is 1.50. The lowest BCUT2D eigenvalue weighted by Crippen LogP contribution is -2.03. The summed E-state index contributed by atoms with van der Waals surface area (Å²) < 4.78 is 2.10. The minimum Gasteiger partial charge on any atom is -0.285 e. The molecular weight excluding hydrogens is 162 g/mol. The third kappa shape index (κ3) is 1.20. The molecule has 3 nitrogen and oxygen atoms in total. The number of nitrogens with zero attached hydrogens (tertiary/aromatic N) is 3. The Hall–Kier alpha value is -1.38. The third-order valence-electron chi connectivity index (χ3n) is 2.14. The molecular formula is C10H13N3. The fourth-order valence-corrected chi connectivity index (χ4v) is 1.52. The van der Waals surface area contributed by atoms with E-state index in [4.69, 9.17) is 0 Å². The molecule has 2 heterocycles. The molecule has 0 radical (unpaired) electrons. The van der Waals surface area contributed by atoms with Gasteiger partial charge in [-0.3, -0.25) is 4.40 Å². The second-order valence-electron chi connectivity index (χ2n) is 3.55. The van der Waals surface area contributed by atoms with E-state index in [0.29, 0.717) is 5.92 Å². The van der Waals surface area contributed by atoms with Gasteiger partial charge in [0.1, 0.15) is 11.5 Å². The molecule has 0 aliphatic carbocycles. The summed E-state index contributed by atoms with van der Waals surface area (Å²) >= 11 is 0. The van der Waals surface area contributed by atoms with Crippen molar-refractivity contribution in [2.45, 2.75) is 26.7 Å². The maximum absolute atomic E-state index is 4.36. The minimum absolute atomic E-state index is 0.427. The number of imidazole rings is 1. The van der Waals surface area contributed by atoms with Crippen LogP contribution >= 0.6 is 0 Å². The molecule has 0 unspecified atom stereocenters. The van der Waals surface area contributed by atoms with E-state index >= 15 is 0 Å². The molecule has 2 rings (SSSR count). The lowest BCUT2D eigenvalue weighted by Gasteiger charge is -2.08. The van der Waals surface area contributed by atoms with Crippen molar-refractivity contribution in [2.24, 2.45) is 0 Å². The van der Waals surface area contributed by atoms with Crippen molar-refractivity contribution in [3.63, 3.8) is 0 Å². The number of aromatic nitrogens is 3. The Morgan fingerprint density at radius 2 is 2.08 bits per heavy atom. The van der Waals surface area contributed by atoms with Crippen molar-refractivity contribution in [1.29, 1.82) is 0 Å². The van der Waals surface area contributed by atoms with Gasteiger partial charge in [-0.1, -0.05) is 13.8 Å². The molecule has 2 aromatic heterocycles. The van der Waals surface area contributed by atoms with Gasteiger partial charge in [0.25, 0.3) is 0 Å². The Bertz CT molecular complexity index is 429. The topological polar surface area (TPSA) is 30.2 Å².